The van der Waals surface area contributed by atoms with Gasteiger partial charge in [-0.3, -0.25) is 0 Å². The van der Waals surface area contributed by atoms with E-state index < -0.39 is 11.7 Å². The van der Waals surface area contributed by atoms with Crippen molar-refractivity contribution in [2.24, 2.45) is 5.73 Å². The van der Waals surface area contributed by atoms with Crippen LogP contribution in [0.3, 0.4) is 0 Å². The van der Waals surface area contributed by atoms with Crippen molar-refractivity contribution < 1.29 is 13.2 Å². The Hall–Kier alpha value is -1.88. The maximum Gasteiger partial charge on any atom is 0.416 e. The second kappa shape index (κ2) is 5.01. The van der Waals surface area contributed by atoms with E-state index in [9.17, 15) is 13.2 Å². The lowest BCUT2D eigenvalue weighted by Crippen LogP contribution is -2.08. The highest BCUT2D eigenvalue weighted by atomic mass is 32.1. The summed E-state index contributed by atoms with van der Waals surface area (Å²) in [4.78, 5) is 0.291. The van der Waals surface area contributed by atoms with E-state index >= 15 is 0 Å². The molecule has 2 aromatic rings. The largest absolute Gasteiger partial charge is 0.416 e. The van der Waals surface area contributed by atoms with Crippen LogP contribution >= 0.6 is 12.2 Å². The van der Waals surface area contributed by atoms with E-state index in [1.54, 1.807) is 24.3 Å². The molecule has 5 heteroatoms. The summed E-state index contributed by atoms with van der Waals surface area (Å²) in [7, 11) is 0. The summed E-state index contributed by atoms with van der Waals surface area (Å²) in [6, 6.07) is 12.1. The topological polar surface area (TPSA) is 26.0 Å². The Labute approximate surface area is 113 Å². The van der Waals surface area contributed by atoms with E-state index in [0.29, 0.717) is 10.6 Å². The molecule has 0 radical (unpaired) electrons. The Balaban J connectivity index is 2.30. The third kappa shape index (κ3) is 3.12. The summed E-state index contributed by atoms with van der Waals surface area (Å²) in [5, 5.41) is 0. The van der Waals surface area contributed by atoms with Crippen molar-refractivity contribution in [3.8, 4) is 11.1 Å². The summed E-state index contributed by atoms with van der Waals surface area (Å²) in [6.07, 6.45) is -4.31. The summed E-state index contributed by atoms with van der Waals surface area (Å²) < 4.78 is 37.3. The van der Waals surface area contributed by atoms with Gasteiger partial charge >= 0.3 is 6.18 Å². The monoisotopic (exact) mass is 281 g/mol. The average molecular weight is 281 g/mol. The van der Waals surface area contributed by atoms with Gasteiger partial charge in [0, 0.05) is 5.56 Å². The Morgan fingerprint density at radius 3 is 1.63 bits per heavy atom. The number of halogens is 3. The van der Waals surface area contributed by atoms with Gasteiger partial charge < -0.3 is 5.73 Å². The molecule has 0 aromatic heterocycles. The van der Waals surface area contributed by atoms with E-state index in [2.05, 4.69) is 0 Å². The zero-order valence-electron chi connectivity index (χ0n) is 9.74. The van der Waals surface area contributed by atoms with Crippen molar-refractivity contribution in [1.29, 1.82) is 0 Å². The number of nitrogens with two attached hydrogens (primary N) is 1. The van der Waals surface area contributed by atoms with Crippen molar-refractivity contribution in [2.75, 3.05) is 0 Å². The van der Waals surface area contributed by atoms with E-state index in [1.807, 2.05) is 0 Å². The van der Waals surface area contributed by atoms with E-state index in [1.165, 1.54) is 12.1 Å². The van der Waals surface area contributed by atoms with Crippen LogP contribution in [0.4, 0.5) is 13.2 Å². The summed E-state index contributed by atoms with van der Waals surface area (Å²) >= 11 is 4.83. The normalized spacial score (nSPS) is 11.3. The maximum atomic E-state index is 12.4. The zero-order valence-corrected chi connectivity index (χ0v) is 10.6. The molecule has 2 N–H and O–H groups in total. The van der Waals surface area contributed by atoms with Crippen molar-refractivity contribution in [1.82, 2.24) is 0 Å². The number of rotatable bonds is 2. The van der Waals surface area contributed by atoms with E-state index in [-0.39, 0.29) is 0 Å². The highest BCUT2D eigenvalue weighted by Gasteiger charge is 2.29. The molecule has 0 aliphatic heterocycles. The lowest BCUT2D eigenvalue weighted by molar-refractivity contribution is -0.137. The Bertz CT molecular complexity index is 586. The first-order valence-corrected chi connectivity index (χ1v) is 5.86. The van der Waals surface area contributed by atoms with E-state index in [0.717, 1.165) is 23.3 Å². The number of hydrogen-bond acceptors (Lipinski definition) is 1. The first-order valence-electron chi connectivity index (χ1n) is 5.45. The minimum absolute atomic E-state index is 0.291. The molecule has 0 bridgehead atoms. The predicted molar refractivity (Wildman–Crippen MR) is 72.8 cm³/mol. The molecule has 0 saturated carbocycles. The number of alkyl halides is 3. The summed E-state index contributed by atoms with van der Waals surface area (Å²) in [5.41, 5.74) is 7.07. The fraction of sp³-hybridized carbons (Fsp3) is 0.0714. The van der Waals surface area contributed by atoms with Crippen molar-refractivity contribution in [2.45, 2.75) is 6.18 Å². The molecule has 98 valence electrons. The summed E-state index contributed by atoms with van der Waals surface area (Å²) in [6.45, 7) is 0. The third-order valence-corrected chi connectivity index (χ3v) is 2.95. The molecule has 0 saturated heterocycles. The molecule has 0 spiro atoms. The SMILES string of the molecule is NC(=S)c1ccc(-c2ccc(C(F)(F)F)cc2)cc1. The van der Waals surface area contributed by atoms with Crippen LogP contribution in [0.2, 0.25) is 0 Å². The number of thiocarbonyl (C=S) groups is 1. The van der Waals surface area contributed by atoms with Gasteiger partial charge in [0.25, 0.3) is 0 Å². The van der Waals surface area contributed by atoms with Crippen LogP contribution in [0, 0.1) is 0 Å². The second-order valence-corrected chi connectivity index (χ2v) is 4.46. The van der Waals surface area contributed by atoms with Crippen LogP contribution in [0.15, 0.2) is 48.5 Å². The van der Waals surface area contributed by atoms with Crippen LogP contribution in [0.25, 0.3) is 11.1 Å². The fourth-order valence-corrected chi connectivity index (χ4v) is 1.81. The Morgan fingerprint density at radius 1 is 0.842 bits per heavy atom. The molecule has 0 heterocycles. The van der Waals surface area contributed by atoms with Crippen molar-refractivity contribution >= 4 is 17.2 Å². The van der Waals surface area contributed by atoms with Gasteiger partial charge in [-0.25, -0.2) is 0 Å². The first kappa shape index (κ1) is 13.5. The van der Waals surface area contributed by atoms with Gasteiger partial charge in [-0.2, -0.15) is 13.2 Å². The third-order valence-electron chi connectivity index (χ3n) is 2.71. The molecule has 0 fully saturated rings. The lowest BCUT2D eigenvalue weighted by Gasteiger charge is -2.08. The second-order valence-electron chi connectivity index (χ2n) is 4.02. The molecular formula is C14H10F3NS. The fourth-order valence-electron chi connectivity index (χ4n) is 1.68. The molecule has 0 aliphatic rings. The highest BCUT2D eigenvalue weighted by molar-refractivity contribution is 7.80. The van der Waals surface area contributed by atoms with Crippen LogP contribution in [-0.2, 0) is 6.18 Å². The van der Waals surface area contributed by atoms with Gasteiger partial charge in [-0.15, -0.1) is 0 Å². The standard InChI is InChI=1S/C14H10F3NS/c15-14(16,17)12-7-5-10(6-8-12)9-1-3-11(4-2-9)13(18)19/h1-8H,(H2,18,19). The quantitative estimate of drug-likeness (QED) is 0.842. The minimum Gasteiger partial charge on any atom is -0.389 e. The van der Waals surface area contributed by atoms with Crippen molar-refractivity contribution in [3.63, 3.8) is 0 Å². The Kier molecular flexibility index (Phi) is 3.57. The van der Waals surface area contributed by atoms with Gasteiger partial charge in [0.1, 0.15) is 4.99 Å². The molecule has 19 heavy (non-hydrogen) atoms. The van der Waals surface area contributed by atoms with Crippen LogP contribution < -0.4 is 5.73 Å². The molecule has 0 atom stereocenters. The van der Waals surface area contributed by atoms with Crippen LogP contribution in [0.5, 0.6) is 0 Å². The highest BCUT2D eigenvalue weighted by Crippen LogP contribution is 2.30. The van der Waals surface area contributed by atoms with Crippen LogP contribution in [-0.4, -0.2) is 4.99 Å². The molecule has 0 unspecified atom stereocenters. The molecule has 1 nitrogen and oxygen atoms in total. The van der Waals surface area contributed by atoms with Gasteiger partial charge in [0.2, 0.25) is 0 Å². The Morgan fingerprint density at radius 2 is 1.26 bits per heavy atom. The smallest absolute Gasteiger partial charge is 0.389 e. The molecular weight excluding hydrogens is 271 g/mol. The number of benzene rings is 2. The maximum absolute atomic E-state index is 12.4. The van der Waals surface area contributed by atoms with Gasteiger partial charge in [0.05, 0.1) is 5.56 Å². The van der Waals surface area contributed by atoms with Gasteiger partial charge in [0.15, 0.2) is 0 Å². The lowest BCUT2D eigenvalue weighted by atomic mass is 10.0. The zero-order chi connectivity index (χ0) is 14.0. The summed E-state index contributed by atoms with van der Waals surface area (Å²) in [5.74, 6) is 0. The van der Waals surface area contributed by atoms with Crippen LogP contribution in [0.1, 0.15) is 11.1 Å². The van der Waals surface area contributed by atoms with E-state index in [4.69, 9.17) is 18.0 Å². The van der Waals surface area contributed by atoms with Crippen molar-refractivity contribution in [3.05, 3.63) is 59.7 Å². The minimum atomic E-state index is -4.31. The first-order chi connectivity index (χ1) is 8.88. The van der Waals surface area contributed by atoms with Gasteiger partial charge in [-0.1, -0.05) is 48.6 Å². The molecule has 2 aromatic carbocycles. The average Bonchev–Trinajstić information content (AvgIpc) is 2.38. The van der Waals surface area contributed by atoms with Gasteiger partial charge in [-0.05, 0) is 23.3 Å². The molecule has 0 amide bonds. The number of hydrogen-bond donors (Lipinski definition) is 1. The predicted octanol–water partition coefficient (Wildman–Crippen LogP) is 4.01. The molecule has 0 aliphatic carbocycles. The molecule has 2 rings (SSSR count).